The fourth-order valence-electron chi connectivity index (χ4n) is 3.66. The van der Waals surface area contributed by atoms with Crippen LogP contribution in [0.4, 0.5) is 5.69 Å². The molecule has 2 fully saturated rings. The number of sulfone groups is 1. The monoisotopic (exact) mass is 498 g/mol. The number of hydrogen-bond donors (Lipinski definition) is 0. The molecule has 0 saturated carbocycles. The maximum Gasteiger partial charge on any atom is 0.267 e. The Hall–Kier alpha value is -1.49. The molecule has 1 aromatic rings. The van der Waals surface area contributed by atoms with Crippen LogP contribution in [0.3, 0.4) is 0 Å². The van der Waals surface area contributed by atoms with Crippen LogP contribution in [0.15, 0.2) is 40.2 Å². The number of rotatable bonds is 3. The zero-order valence-corrected chi connectivity index (χ0v) is 18.6. The number of hydrogen-bond acceptors (Lipinski definition) is 6. The molecule has 1 aromatic carbocycles. The van der Waals surface area contributed by atoms with E-state index >= 15 is 0 Å². The van der Waals surface area contributed by atoms with Crippen LogP contribution in [0.5, 0.6) is 0 Å². The fraction of sp³-hybridized carbons (Fsp3) is 0.278. The molecule has 0 radical (unpaired) electrons. The Labute approximate surface area is 180 Å². The highest BCUT2D eigenvalue weighted by Crippen LogP contribution is 2.46. The molecule has 2 amide bonds. The largest absolute Gasteiger partial charge is 0.304 e. The normalized spacial score (nSPS) is 26.3. The van der Waals surface area contributed by atoms with Crippen molar-refractivity contribution in [2.24, 2.45) is 0 Å². The summed E-state index contributed by atoms with van der Waals surface area (Å²) in [5.41, 5.74) is 1.66. The maximum absolute atomic E-state index is 13.2. The van der Waals surface area contributed by atoms with E-state index in [0.29, 0.717) is 34.1 Å². The summed E-state index contributed by atoms with van der Waals surface area (Å²) in [7, 11) is -3.17. The van der Waals surface area contributed by atoms with Gasteiger partial charge in [0.25, 0.3) is 11.8 Å². The molecule has 0 bridgehead atoms. The maximum atomic E-state index is 13.2. The predicted octanol–water partition coefficient (Wildman–Crippen LogP) is 2.74. The van der Waals surface area contributed by atoms with Gasteiger partial charge in [0.05, 0.1) is 33.7 Å². The van der Waals surface area contributed by atoms with Crippen molar-refractivity contribution in [3.63, 3.8) is 0 Å². The summed E-state index contributed by atoms with van der Waals surface area (Å²) in [5.74, 6) is -0.734. The van der Waals surface area contributed by atoms with Crippen LogP contribution in [0, 0.1) is 0 Å². The van der Waals surface area contributed by atoms with Gasteiger partial charge in [0.1, 0.15) is 4.32 Å². The zero-order valence-electron chi connectivity index (χ0n) is 14.6. The first-order valence-electron chi connectivity index (χ1n) is 8.46. The van der Waals surface area contributed by atoms with E-state index in [0.717, 1.165) is 16.2 Å². The van der Waals surface area contributed by atoms with Crippen LogP contribution in [0.25, 0.3) is 5.57 Å². The van der Waals surface area contributed by atoms with Crippen molar-refractivity contribution < 1.29 is 18.0 Å². The van der Waals surface area contributed by atoms with Crippen molar-refractivity contribution in [3.05, 3.63) is 45.8 Å². The van der Waals surface area contributed by atoms with Gasteiger partial charge in [0, 0.05) is 16.6 Å². The molecule has 146 valence electrons. The summed E-state index contributed by atoms with van der Waals surface area (Å²) < 4.78 is 24.8. The van der Waals surface area contributed by atoms with Gasteiger partial charge in [0.15, 0.2) is 9.84 Å². The lowest BCUT2D eigenvalue weighted by molar-refractivity contribution is -0.123. The molecule has 4 rings (SSSR count). The Morgan fingerprint density at radius 1 is 1.32 bits per heavy atom. The molecule has 0 spiro atoms. The SMILES string of the molecule is C=CCN1C(=O)/C(=C2/SC(=S)N([C@H]3CCS(=O)(=O)C3)C2=O)c2cc(Br)ccc21. The summed E-state index contributed by atoms with van der Waals surface area (Å²) in [6.45, 7) is 4.02. The van der Waals surface area contributed by atoms with Gasteiger partial charge in [-0.15, -0.1) is 6.58 Å². The Morgan fingerprint density at radius 2 is 2.07 bits per heavy atom. The average molecular weight is 499 g/mol. The number of anilines is 1. The van der Waals surface area contributed by atoms with Crippen LogP contribution >= 0.6 is 39.9 Å². The zero-order chi connectivity index (χ0) is 20.2. The number of carbonyl (C=O) groups is 2. The number of thioether (sulfide) groups is 1. The number of nitrogens with zero attached hydrogens (tertiary/aromatic N) is 2. The van der Waals surface area contributed by atoms with Gasteiger partial charge in [-0.3, -0.25) is 14.5 Å². The first kappa shape index (κ1) is 19.8. The molecule has 0 unspecified atom stereocenters. The second-order valence-corrected chi connectivity index (χ2v) is 11.5. The van der Waals surface area contributed by atoms with Crippen molar-refractivity contribution in [1.29, 1.82) is 0 Å². The minimum atomic E-state index is -3.17. The van der Waals surface area contributed by atoms with Crippen LogP contribution in [0.2, 0.25) is 0 Å². The number of thiocarbonyl (C=S) groups is 1. The Bertz CT molecular complexity index is 1080. The molecule has 3 aliphatic rings. The van der Waals surface area contributed by atoms with Crippen molar-refractivity contribution in [3.8, 4) is 0 Å². The molecule has 0 aliphatic carbocycles. The lowest BCUT2D eigenvalue weighted by atomic mass is 10.1. The summed E-state index contributed by atoms with van der Waals surface area (Å²) >= 11 is 9.86. The van der Waals surface area contributed by atoms with Gasteiger partial charge >= 0.3 is 0 Å². The Balaban J connectivity index is 1.80. The second-order valence-electron chi connectivity index (χ2n) is 6.67. The number of benzene rings is 1. The molecule has 28 heavy (non-hydrogen) atoms. The van der Waals surface area contributed by atoms with Crippen molar-refractivity contribution in [2.45, 2.75) is 12.5 Å². The van der Waals surface area contributed by atoms with Gasteiger partial charge in [-0.1, -0.05) is 46.0 Å². The minimum Gasteiger partial charge on any atom is -0.304 e. The van der Waals surface area contributed by atoms with E-state index in [1.54, 1.807) is 17.0 Å². The predicted molar refractivity (Wildman–Crippen MR) is 118 cm³/mol. The number of carbonyl (C=O) groups excluding carboxylic acids is 2. The van der Waals surface area contributed by atoms with Crippen LogP contribution in [0.1, 0.15) is 12.0 Å². The first-order valence-corrected chi connectivity index (χ1v) is 12.3. The van der Waals surface area contributed by atoms with Gasteiger partial charge in [-0.25, -0.2) is 8.42 Å². The first-order chi connectivity index (χ1) is 13.2. The molecule has 10 heteroatoms. The topological polar surface area (TPSA) is 74.8 Å². The van der Waals surface area contributed by atoms with E-state index in [1.807, 2.05) is 12.1 Å². The van der Waals surface area contributed by atoms with Crippen molar-refractivity contribution in [1.82, 2.24) is 4.90 Å². The average Bonchev–Trinajstić information content (AvgIpc) is 3.20. The fourth-order valence-corrected chi connectivity index (χ4v) is 7.19. The third-order valence-electron chi connectivity index (χ3n) is 4.89. The van der Waals surface area contributed by atoms with Crippen LogP contribution in [-0.2, 0) is 19.4 Å². The quantitative estimate of drug-likeness (QED) is 0.362. The van der Waals surface area contributed by atoms with Gasteiger partial charge < -0.3 is 4.90 Å². The van der Waals surface area contributed by atoms with Crippen molar-refractivity contribution in [2.75, 3.05) is 23.0 Å². The molecule has 2 saturated heterocycles. The van der Waals surface area contributed by atoms with Crippen molar-refractivity contribution >= 4 is 77.1 Å². The molecule has 0 aromatic heterocycles. The van der Waals surface area contributed by atoms with E-state index in [1.165, 1.54) is 4.90 Å². The molecule has 0 N–H and O–H groups in total. The standard InChI is InChI=1S/C18H15BrN2O4S3/c1-2-6-20-13-4-3-10(19)8-12(13)14(16(20)22)15-17(23)21(18(26)27-15)11-5-7-28(24,25)9-11/h2-4,8,11H,1,5-7,9H2/b15-14+/t11-/m0/s1. The van der Waals surface area contributed by atoms with E-state index in [-0.39, 0.29) is 22.3 Å². The summed E-state index contributed by atoms with van der Waals surface area (Å²) in [5, 5.41) is 0. The smallest absolute Gasteiger partial charge is 0.267 e. The summed E-state index contributed by atoms with van der Waals surface area (Å²) in [4.78, 5) is 29.5. The highest BCUT2D eigenvalue weighted by atomic mass is 79.9. The van der Waals surface area contributed by atoms with Crippen LogP contribution in [-0.4, -0.2) is 53.5 Å². The third kappa shape index (κ3) is 3.16. The van der Waals surface area contributed by atoms with Gasteiger partial charge in [-0.2, -0.15) is 0 Å². The minimum absolute atomic E-state index is 0.0441. The lowest BCUT2D eigenvalue weighted by Gasteiger charge is -2.21. The number of fused-ring (bicyclic) bond motifs is 1. The van der Waals surface area contributed by atoms with E-state index in [4.69, 9.17) is 12.2 Å². The number of amides is 2. The van der Waals surface area contributed by atoms with Gasteiger partial charge in [-0.05, 0) is 24.6 Å². The highest BCUT2D eigenvalue weighted by molar-refractivity contribution is 9.10. The Morgan fingerprint density at radius 3 is 2.71 bits per heavy atom. The molecular weight excluding hydrogens is 484 g/mol. The van der Waals surface area contributed by atoms with Crippen LogP contribution < -0.4 is 4.90 Å². The summed E-state index contributed by atoms with van der Waals surface area (Å²) in [6.07, 6.45) is 1.98. The van der Waals surface area contributed by atoms with Gasteiger partial charge in [0.2, 0.25) is 0 Å². The molecule has 3 heterocycles. The number of halogens is 1. The second kappa shape index (κ2) is 7.08. The molecule has 3 aliphatic heterocycles. The molecule has 1 atom stereocenters. The summed E-state index contributed by atoms with van der Waals surface area (Å²) in [6, 6.07) is 4.98. The van der Waals surface area contributed by atoms with E-state index in [2.05, 4.69) is 22.5 Å². The lowest BCUT2D eigenvalue weighted by Crippen LogP contribution is -2.39. The third-order valence-corrected chi connectivity index (χ3v) is 8.53. The van der Waals surface area contributed by atoms with E-state index in [9.17, 15) is 18.0 Å². The molecular formula is C18H15BrN2O4S3. The molecule has 6 nitrogen and oxygen atoms in total. The van der Waals surface area contributed by atoms with E-state index < -0.39 is 21.8 Å². The highest BCUT2D eigenvalue weighted by Gasteiger charge is 2.46. The Kier molecular flexibility index (Phi) is 5.01.